The number of halogens is 3. The number of alkyl halides is 3. The molecule has 4 rings (SSSR count). The maximum Gasteiger partial charge on any atom is 0.417 e. The van der Waals surface area contributed by atoms with Crippen LogP contribution in [-0.2, 0) is 13.2 Å². The van der Waals surface area contributed by atoms with Gasteiger partial charge in [0.05, 0.1) is 22.0 Å². The SMILES string of the molecule is CN(C)c1nc(N)nc2cc(-c3ccccc3C(F)(F)F)c3c(ccn3C)c12. The Balaban J connectivity index is 2.19. The summed E-state index contributed by atoms with van der Waals surface area (Å²) >= 11 is 0. The fourth-order valence-corrected chi connectivity index (χ4v) is 3.61. The molecule has 4 aromatic rings. The van der Waals surface area contributed by atoms with Gasteiger partial charge >= 0.3 is 6.18 Å². The summed E-state index contributed by atoms with van der Waals surface area (Å²) in [5.74, 6) is 0.691. The summed E-state index contributed by atoms with van der Waals surface area (Å²) in [4.78, 5) is 10.4. The van der Waals surface area contributed by atoms with Gasteiger partial charge in [0.1, 0.15) is 5.82 Å². The number of nitrogens with two attached hydrogens (primary N) is 1. The molecular weight excluding hydrogens is 367 g/mol. The van der Waals surface area contributed by atoms with Crippen molar-refractivity contribution in [3.63, 3.8) is 0 Å². The van der Waals surface area contributed by atoms with Crippen LogP contribution in [0, 0.1) is 0 Å². The number of aromatic nitrogens is 3. The number of aryl methyl sites for hydroxylation is 1. The molecule has 0 aliphatic carbocycles. The van der Waals surface area contributed by atoms with Crippen molar-refractivity contribution in [2.24, 2.45) is 7.05 Å². The molecule has 0 radical (unpaired) electrons. The summed E-state index contributed by atoms with van der Waals surface area (Å²) < 4.78 is 42.8. The molecule has 2 heterocycles. The zero-order valence-corrected chi connectivity index (χ0v) is 15.5. The van der Waals surface area contributed by atoms with Crippen molar-refractivity contribution < 1.29 is 13.2 Å². The van der Waals surface area contributed by atoms with Gasteiger partial charge in [0, 0.05) is 38.3 Å². The minimum atomic E-state index is -4.47. The predicted octanol–water partition coefficient (Wildman–Crippen LogP) is 4.46. The van der Waals surface area contributed by atoms with Crippen LogP contribution < -0.4 is 10.6 Å². The Morgan fingerprint density at radius 1 is 1.04 bits per heavy atom. The lowest BCUT2D eigenvalue weighted by atomic mass is 9.95. The van der Waals surface area contributed by atoms with Crippen LogP contribution in [0.25, 0.3) is 32.9 Å². The summed E-state index contributed by atoms with van der Waals surface area (Å²) in [5.41, 5.74) is 6.91. The number of nitrogen functional groups attached to an aromatic ring is 1. The number of fused-ring (bicyclic) bond motifs is 3. The first kappa shape index (κ1) is 18.1. The number of anilines is 2. The van der Waals surface area contributed by atoms with Crippen molar-refractivity contribution in [3.8, 4) is 11.1 Å². The number of benzene rings is 2. The lowest BCUT2D eigenvalue weighted by Gasteiger charge is -2.18. The predicted molar refractivity (Wildman–Crippen MR) is 105 cm³/mol. The zero-order valence-electron chi connectivity index (χ0n) is 15.5. The second-order valence-corrected chi connectivity index (χ2v) is 6.85. The van der Waals surface area contributed by atoms with E-state index in [9.17, 15) is 13.2 Å². The van der Waals surface area contributed by atoms with Gasteiger partial charge in [-0.15, -0.1) is 0 Å². The molecular formula is C20H18F3N5. The first-order chi connectivity index (χ1) is 13.2. The van der Waals surface area contributed by atoms with Crippen LogP contribution in [0.1, 0.15) is 5.56 Å². The molecule has 0 saturated heterocycles. The van der Waals surface area contributed by atoms with E-state index in [4.69, 9.17) is 5.73 Å². The van der Waals surface area contributed by atoms with E-state index in [1.807, 2.05) is 35.8 Å². The van der Waals surface area contributed by atoms with Crippen molar-refractivity contribution in [3.05, 3.63) is 48.2 Å². The van der Waals surface area contributed by atoms with Crippen LogP contribution in [0.4, 0.5) is 24.9 Å². The average molecular weight is 385 g/mol. The number of hydrogen-bond acceptors (Lipinski definition) is 4. The van der Waals surface area contributed by atoms with E-state index >= 15 is 0 Å². The summed E-state index contributed by atoms with van der Waals surface area (Å²) in [7, 11) is 5.48. The van der Waals surface area contributed by atoms with Gasteiger partial charge in [0.2, 0.25) is 5.95 Å². The quantitative estimate of drug-likeness (QED) is 0.554. The van der Waals surface area contributed by atoms with Gasteiger partial charge in [0.25, 0.3) is 0 Å². The first-order valence-corrected chi connectivity index (χ1v) is 8.57. The molecule has 0 atom stereocenters. The fourth-order valence-electron chi connectivity index (χ4n) is 3.61. The van der Waals surface area contributed by atoms with Gasteiger partial charge < -0.3 is 15.2 Å². The highest BCUT2D eigenvalue weighted by Crippen LogP contribution is 2.42. The third-order valence-electron chi connectivity index (χ3n) is 4.76. The van der Waals surface area contributed by atoms with Crippen LogP contribution in [0.5, 0.6) is 0 Å². The van der Waals surface area contributed by atoms with Gasteiger partial charge in [-0.05, 0) is 23.8 Å². The van der Waals surface area contributed by atoms with Crippen molar-refractivity contribution in [1.29, 1.82) is 0 Å². The number of rotatable bonds is 2. The molecule has 0 spiro atoms. The topological polar surface area (TPSA) is 60.0 Å². The Labute approximate surface area is 159 Å². The monoisotopic (exact) mass is 385 g/mol. The van der Waals surface area contributed by atoms with E-state index in [0.717, 1.165) is 16.8 Å². The molecule has 0 amide bonds. The Bertz CT molecular complexity index is 1210. The maximum absolute atomic E-state index is 13.6. The van der Waals surface area contributed by atoms with E-state index in [2.05, 4.69) is 9.97 Å². The molecule has 8 heteroatoms. The molecule has 0 aliphatic heterocycles. The summed E-state index contributed by atoms with van der Waals surface area (Å²) in [5, 5.41) is 1.53. The summed E-state index contributed by atoms with van der Waals surface area (Å²) in [6, 6.07) is 9.09. The van der Waals surface area contributed by atoms with Crippen molar-refractivity contribution in [1.82, 2.24) is 14.5 Å². The number of nitrogens with zero attached hydrogens (tertiary/aromatic N) is 4. The first-order valence-electron chi connectivity index (χ1n) is 8.57. The Morgan fingerprint density at radius 2 is 1.75 bits per heavy atom. The van der Waals surface area contributed by atoms with E-state index in [0.29, 0.717) is 22.4 Å². The number of hydrogen-bond donors (Lipinski definition) is 1. The Morgan fingerprint density at radius 3 is 2.43 bits per heavy atom. The molecule has 0 saturated carbocycles. The normalized spacial score (nSPS) is 12.1. The molecule has 0 bridgehead atoms. The minimum absolute atomic E-state index is 0.0709. The van der Waals surface area contributed by atoms with Gasteiger partial charge in [0.15, 0.2) is 0 Å². The second-order valence-electron chi connectivity index (χ2n) is 6.85. The highest BCUT2D eigenvalue weighted by molar-refractivity contribution is 6.16. The van der Waals surface area contributed by atoms with Crippen molar-refractivity contribution in [2.75, 3.05) is 24.7 Å². The lowest BCUT2D eigenvalue weighted by Crippen LogP contribution is -2.13. The van der Waals surface area contributed by atoms with Gasteiger partial charge in [-0.25, -0.2) is 4.98 Å². The van der Waals surface area contributed by atoms with Gasteiger partial charge in [-0.1, -0.05) is 18.2 Å². The highest BCUT2D eigenvalue weighted by atomic mass is 19.4. The minimum Gasteiger partial charge on any atom is -0.368 e. The van der Waals surface area contributed by atoms with Crippen LogP contribution >= 0.6 is 0 Å². The second kappa shape index (κ2) is 6.12. The lowest BCUT2D eigenvalue weighted by molar-refractivity contribution is -0.137. The molecule has 0 fully saturated rings. The largest absolute Gasteiger partial charge is 0.417 e. The van der Waals surface area contributed by atoms with E-state index in [-0.39, 0.29) is 11.5 Å². The average Bonchev–Trinajstić information content (AvgIpc) is 3.01. The molecule has 28 heavy (non-hydrogen) atoms. The smallest absolute Gasteiger partial charge is 0.368 e. The molecule has 2 aromatic heterocycles. The molecule has 0 unspecified atom stereocenters. The summed E-state index contributed by atoms with van der Waals surface area (Å²) in [6.45, 7) is 0. The van der Waals surface area contributed by atoms with Gasteiger partial charge in [-0.2, -0.15) is 18.2 Å². The maximum atomic E-state index is 13.6. The van der Waals surface area contributed by atoms with Crippen LogP contribution in [0.3, 0.4) is 0 Å². The third-order valence-corrected chi connectivity index (χ3v) is 4.76. The van der Waals surface area contributed by atoms with Gasteiger partial charge in [-0.3, -0.25) is 0 Å². The highest BCUT2D eigenvalue weighted by Gasteiger charge is 2.34. The molecule has 0 aliphatic rings. The molecule has 5 nitrogen and oxygen atoms in total. The van der Waals surface area contributed by atoms with E-state index < -0.39 is 11.7 Å². The van der Waals surface area contributed by atoms with Crippen LogP contribution in [0.2, 0.25) is 0 Å². The molecule has 2 aromatic carbocycles. The Kier molecular flexibility index (Phi) is 3.95. The standard InChI is InChI=1S/C20H18F3N5/c1-27(2)18-16-12-8-9-28(3)17(12)13(10-15(16)25-19(24)26-18)11-6-4-5-7-14(11)20(21,22)23/h4-10H,1-3H3,(H2,24,25,26). The molecule has 2 N–H and O–H groups in total. The fraction of sp³-hybridized carbons (Fsp3) is 0.200. The zero-order chi connectivity index (χ0) is 20.2. The van der Waals surface area contributed by atoms with Crippen LogP contribution in [-0.4, -0.2) is 28.6 Å². The van der Waals surface area contributed by atoms with Crippen molar-refractivity contribution >= 4 is 33.6 Å². The molecule has 144 valence electrons. The van der Waals surface area contributed by atoms with E-state index in [1.54, 1.807) is 19.2 Å². The summed E-state index contributed by atoms with van der Waals surface area (Å²) in [6.07, 6.45) is -2.65. The van der Waals surface area contributed by atoms with Crippen LogP contribution in [0.15, 0.2) is 42.6 Å². The van der Waals surface area contributed by atoms with Crippen molar-refractivity contribution in [2.45, 2.75) is 6.18 Å². The third kappa shape index (κ3) is 2.72. The Hall–Kier alpha value is -3.29. The van der Waals surface area contributed by atoms with E-state index in [1.165, 1.54) is 12.1 Å².